The van der Waals surface area contributed by atoms with E-state index in [2.05, 4.69) is 22.1 Å². The van der Waals surface area contributed by atoms with Crippen molar-refractivity contribution >= 4 is 35.1 Å². The summed E-state index contributed by atoms with van der Waals surface area (Å²) in [6, 6.07) is 3.64. The molecule has 1 fully saturated rings. The maximum absolute atomic E-state index is 11.9. The highest BCUT2D eigenvalue weighted by Gasteiger charge is 2.22. The van der Waals surface area contributed by atoms with Gasteiger partial charge >= 0.3 is 6.09 Å². The highest BCUT2D eigenvalue weighted by molar-refractivity contribution is 6.29. The van der Waals surface area contributed by atoms with Gasteiger partial charge in [-0.15, -0.1) is 11.6 Å². The summed E-state index contributed by atoms with van der Waals surface area (Å²) in [5.41, 5.74) is 0.956. The summed E-state index contributed by atoms with van der Waals surface area (Å²) in [6.45, 7) is 5.23. The third-order valence-corrected chi connectivity index (χ3v) is 4.01. The standard InChI is InChI=1S/C16H23ClN4O3/c1-2-3-10-24-16(23)21-8-6-20(7-9-21)13-4-5-14(18-12-13)19-15(22)11-17/h4-5,12H,2-3,6-11H2,1H3,(H,18,19,22). The number of halogens is 1. The van der Waals surface area contributed by atoms with Crippen molar-refractivity contribution in [2.24, 2.45) is 0 Å². The lowest BCUT2D eigenvalue weighted by Gasteiger charge is -2.35. The van der Waals surface area contributed by atoms with E-state index >= 15 is 0 Å². The molecule has 1 aromatic rings. The average molecular weight is 355 g/mol. The van der Waals surface area contributed by atoms with Crippen LogP contribution in [0.3, 0.4) is 0 Å². The van der Waals surface area contributed by atoms with Gasteiger partial charge in [-0.2, -0.15) is 0 Å². The fourth-order valence-electron chi connectivity index (χ4n) is 2.37. The Balaban J connectivity index is 1.81. The Bertz CT molecular complexity index is 545. The SMILES string of the molecule is CCCCOC(=O)N1CCN(c2ccc(NC(=O)CCl)nc2)CC1. The van der Waals surface area contributed by atoms with Crippen LogP contribution in [0.4, 0.5) is 16.3 Å². The lowest BCUT2D eigenvalue weighted by atomic mass is 10.3. The van der Waals surface area contributed by atoms with Gasteiger partial charge in [0.1, 0.15) is 11.7 Å². The molecule has 0 aliphatic carbocycles. The van der Waals surface area contributed by atoms with Gasteiger partial charge in [0.15, 0.2) is 0 Å². The molecule has 2 rings (SSSR count). The minimum Gasteiger partial charge on any atom is -0.449 e. The summed E-state index contributed by atoms with van der Waals surface area (Å²) < 4.78 is 5.23. The number of carbonyl (C=O) groups is 2. The molecule has 0 aromatic carbocycles. The monoisotopic (exact) mass is 354 g/mol. The van der Waals surface area contributed by atoms with E-state index in [1.165, 1.54) is 0 Å². The van der Waals surface area contributed by atoms with Crippen molar-refractivity contribution in [2.45, 2.75) is 19.8 Å². The quantitative estimate of drug-likeness (QED) is 0.626. The zero-order valence-electron chi connectivity index (χ0n) is 13.8. The van der Waals surface area contributed by atoms with E-state index in [0.717, 1.165) is 31.6 Å². The Labute approximate surface area is 146 Å². The molecule has 1 aliphatic heterocycles. The Hall–Kier alpha value is -2.02. The molecule has 7 nitrogen and oxygen atoms in total. The van der Waals surface area contributed by atoms with E-state index in [1.807, 2.05) is 6.07 Å². The number of anilines is 2. The van der Waals surface area contributed by atoms with Crippen molar-refractivity contribution in [3.05, 3.63) is 18.3 Å². The van der Waals surface area contributed by atoms with Gasteiger partial charge in [0, 0.05) is 26.2 Å². The van der Waals surface area contributed by atoms with Crippen LogP contribution in [0.1, 0.15) is 19.8 Å². The minimum absolute atomic E-state index is 0.0975. The lowest BCUT2D eigenvalue weighted by Crippen LogP contribution is -2.49. The smallest absolute Gasteiger partial charge is 0.409 e. The van der Waals surface area contributed by atoms with Crippen molar-refractivity contribution in [1.82, 2.24) is 9.88 Å². The number of hydrogen-bond acceptors (Lipinski definition) is 5. The number of hydrogen-bond donors (Lipinski definition) is 1. The van der Waals surface area contributed by atoms with E-state index in [4.69, 9.17) is 16.3 Å². The Kier molecular flexibility index (Phi) is 7.11. The van der Waals surface area contributed by atoms with Crippen LogP contribution < -0.4 is 10.2 Å². The second-order valence-corrected chi connectivity index (χ2v) is 5.79. The molecular weight excluding hydrogens is 332 g/mol. The Morgan fingerprint density at radius 3 is 2.62 bits per heavy atom. The number of rotatable bonds is 6. The molecule has 0 radical (unpaired) electrons. The highest BCUT2D eigenvalue weighted by atomic mass is 35.5. The van der Waals surface area contributed by atoms with Crippen LogP contribution in [-0.2, 0) is 9.53 Å². The van der Waals surface area contributed by atoms with E-state index in [1.54, 1.807) is 17.2 Å². The molecular formula is C16H23ClN4O3. The summed E-state index contributed by atoms with van der Waals surface area (Å²) in [6.07, 6.45) is 3.37. The van der Waals surface area contributed by atoms with E-state index in [-0.39, 0.29) is 17.9 Å². The van der Waals surface area contributed by atoms with Crippen LogP contribution in [0.25, 0.3) is 0 Å². The molecule has 0 saturated carbocycles. The van der Waals surface area contributed by atoms with Crippen molar-refractivity contribution in [3.8, 4) is 0 Å². The summed E-state index contributed by atoms with van der Waals surface area (Å²) in [5.74, 6) is 0.0920. The molecule has 0 unspecified atom stereocenters. The first-order valence-electron chi connectivity index (χ1n) is 8.12. The number of ether oxygens (including phenoxy) is 1. The number of piperazine rings is 1. The van der Waals surface area contributed by atoms with Crippen molar-refractivity contribution < 1.29 is 14.3 Å². The number of nitrogens with one attached hydrogen (secondary N) is 1. The molecule has 0 bridgehead atoms. The average Bonchev–Trinajstić information content (AvgIpc) is 2.62. The topological polar surface area (TPSA) is 74.8 Å². The molecule has 24 heavy (non-hydrogen) atoms. The highest BCUT2D eigenvalue weighted by Crippen LogP contribution is 2.17. The number of carbonyl (C=O) groups excluding carboxylic acids is 2. The van der Waals surface area contributed by atoms with Gasteiger partial charge in [-0.25, -0.2) is 9.78 Å². The van der Waals surface area contributed by atoms with Gasteiger partial charge in [0.05, 0.1) is 18.5 Å². The fraction of sp³-hybridized carbons (Fsp3) is 0.562. The second kappa shape index (κ2) is 9.32. The molecule has 1 aromatic heterocycles. The van der Waals surface area contributed by atoms with E-state index < -0.39 is 0 Å². The predicted molar refractivity (Wildman–Crippen MR) is 93.6 cm³/mol. The first kappa shape index (κ1) is 18.3. The molecule has 2 heterocycles. The summed E-state index contributed by atoms with van der Waals surface area (Å²) >= 11 is 5.44. The third-order valence-electron chi connectivity index (χ3n) is 3.76. The van der Waals surface area contributed by atoms with Gasteiger partial charge in [0.25, 0.3) is 0 Å². The zero-order chi connectivity index (χ0) is 17.4. The molecule has 8 heteroatoms. The molecule has 1 saturated heterocycles. The molecule has 0 spiro atoms. The summed E-state index contributed by atoms with van der Waals surface area (Å²) in [7, 11) is 0. The number of alkyl halides is 1. The van der Waals surface area contributed by atoms with Crippen molar-refractivity contribution in [2.75, 3.05) is 48.9 Å². The van der Waals surface area contributed by atoms with E-state index in [0.29, 0.717) is 25.5 Å². The molecule has 2 amide bonds. The molecule has 1 N–H and O–H groups in total. The van der Waals surface area contributed by atoms with Crippen LogP contribution in [-0.4, -0.2) is 60.6 Å². The third kappa shape index (κ3) is 5.26. The maximum atomic E-state index is 11.9. The molecule has 1 aliphatic rings. The minimum atomic E-state index is -0.285. The van der Waals surface area contributed by atoms with Gasteiger partial charge in [0.2, 0.25) is 5.91 Å². The zero-order valence-corrected chi connectivity index (χ0v) is 14.6. The first-order valence-corrected chi connectivity index (χ1v) is 8.66. The largest absolute Gasteiger partial charge is 0.449 e. The number of unbranched alkanes of at least 4 members (excludes halogenated alkanes) is 1. The summed E-state index contributed by atoms with van der Waals surface area (Å²) in [5, 5.41) is 2.60. The first-order chi connectivity index (χ1) is 11.6. The van der Waals surface area contributed by atoms with Crippen molar-refractivity contribution in [1.29, 1.82) is 0 Å². The number of amides is 2. The van der Waals surface area contributed by atoms with Crippen LogP contribution in [0.2, 0.25) is 0 Å². The van der Waals surface area contributed by atoms with Crippen LogP contribution in [0.15, 0.2) is 18.3 Å². The molecule has 0 atom stereocenters. The van der Waals surface area contributed by atoms with Gasteiger partial charge in [-0.1, -0.05) is 13.3 Å². The fourth-order valence-corrected chi connectivity index (χ4v) is 2.43. The Morgan fingerprint density at radius 2 is 2.04 bits per heavy atom. The Morgan fingerprint density at radius 1 is 1.29 bits per heavy atom. The second-order valence-electron chi connectivity index (χ2n) is 5.53. The van der Waals surface area contributed by atoms with E-state index in [9.17, 15) is 9.59 Å². The number of nitrogens with zero attached hydrogens (tertiary/aromatic N) is 3. The predicted octanol–water partition coefficient (Wildman–Crippen LogP) is 2.32. The van der Waals surface area contributed by atoms with Gasteiger partial charge in [-0.3, -0.25) is 4.79 Å². The maximum Gasteiger partial charge on any atom is 0.409 e. The summed E-state index contributed by atoms with van der Waals surface area (Å²) in [4.78, 5) is 31.2. The van der Waals surface area contributed by atoms with Gasteiger partial charge < -0.3 is 19.9 Å². The number of pyridine rings is 1. The van der Waals surface area contributed by atoms with Crippen LogP contribution in [0.5, 0.6) is 0 Å². The molecule has 132 valence electrons. The number of aromatic nitrogens is 1. The van der Waals surface area contributed by atoms with Crippen LogP contribution >= 0.6 is 11.6 Å². The van der Waals surface area contributed by atoms with Gasteiger partial charge in [-0.05, 0) is 18.6 Å². The lowest BCUT2D eigenvalue weighted by molar-refractivity contribution is -0.113. The van der Waals surface area contributed by atoms with Crippen LogP contribution in [0, 0.1) is 0 Å². The normalized spacial score (nSPS) is 14.4. The van der Waals surface area contributed by atoms with Crippen molar-refractivity contribution in [3.63, 3.8) is 0 Å².